The fourth-order valence-electron chi connectivity index (χ4n) is 2.52. The summed E-state index contributed by atoms with van der Waals surface area (Å²) in [4.78, 5) is 23.5. The summed E-state index contributed by atoms with van der Waals surface area (Å²) < 4.78 is 0. The molecule has 1 aromatic rings. The van der Waals surface area contributed by atoms with Gasteiger partial charge in [0.1, 0.15) is 11.8 Å². The number of hydrogen-bond donors (Lipinski definition) is 4. The molecule has 6 heteroatoms. The van der Waals surface area contributed by atoms with Gasteiger partial charge in [-0.05, 0) is 56.3 Å². The number of carbonyl (C=O) groups is 2. The molecule has 0 bridgehead atoms. The molecule has 5 N–H and O–H groups in total. The van der Waals surface area contributed by atoms with Crippen molar-refractivity contribution in [2.24, 2.45) is 5.73 Å². The molecule has 0 aromatic heterocycles. The maximum Gasteiger partial charge on any atom is 0.242 e. The average molecular weight is 335 g/mol. The van der Waals surface area contributed by atoms with Gasteiger partial charge in [-0.2, -0.15) is 0 Å². The van der Waals surface area contributed by atoms with Crippen molar-refractivity contribution in [2.75, 3.05) is 13.1 Å². The number of nitrogens with one attached hydrogen (secondary N) is 2. The summed E-state index contributed by atoms with van der Waals surface area (Å²) in [6, 6.07) is 6.55. The van der Waals surface area contributed by atoms with Crippen LogP contribution in [0.4, 0.5) is 0 Å². The van der Waals surface area contributed by atoms with Gasteiger partial charge in [0.05, 0.1) is 0 Å². The van der Waals surface area contributed by atoms with Crippen LogP contribution in [0.3, 0.4) is 0 Å². The average Bonchev–Trinajstić information content (AvgIpc) is 2.53. The maximum atomic E-state index is 12.2. The fourth-order valence-corrected chi connectivity index (χ4v) is 2.52. The van der Waals surface area contributed by atoms with Crippen LogP contribution in [0.2, 0.25) is 0 Å². The number of benzene rings is 1. The number of amides is 2. The van der Waals surface area contributed by atoms with Crippen molar-refractivity contribution < 1.29 is 14.7 Å². The standard InChI is InChI=1S/C18H29N3O3/c1-14(22)21-17(18(24)20-12-4-2-3-11-19)10-6-8-15-7-5-9-16(23)13-15/h5,7,9,13,17,23H,2-4,6,8,10-12,19H2,1H3,(H,20,24)(H,21,22). The van der Waals surface area contributed by atoms with Crippen LogP contribution in [0.1, 0.15) is 44.6 Å². The summed E-state index contributed by atoms with van der Waals surface area (Å²) in [5.41, 5.74) is 6.45. The van der Waals surface area contributed by atoms with Crippen LogP contribution in [0.15, 0.2) is 24.3 Å². The van der Waals surface area contributed by atoms with E-state index < -0.39 is 6.04 Å². The van der Waals surface area contributed by atoms with E-state index >= 15 is 0 Å². The van der Waals surface area contributed by atoms with E-state index in [1.807, 2.05) is 6.07 Å². The highest BCUT2D eigenvalue weighted by Gasteiger charge is 2.18. The minimum Gasteiger partial charge on any atom is -0.508 e. The summed E-state index contributed by atoms with van der Waals surface area (Å²) >= 11 is 0. The van der Waals surface area contributed by atoms with E-state index in [-0.39, 0.29) is 17.6 Å². The summed E-state index contributed by atoms with van der Waals surface area (Å²) in [5.74, 6) is -0.120. The summed E-state index contributed by atoms with van der Waals surface area (Å²) in [5, 5.41) is 15.0. The molecule has 134 valence electrons. The first-order chi connectivity index (χ1) is 11.5. The van der Waals surface area contributed by atoms with Crippen molar-refractivity contribution in [1.82, 2.24) is 10.6 Å². The number of nitrogens with two attached hydrogens (primary N) is 1. The van der Waals surface area contributed by atoms with Gasteiger partial charge >= 0.3 is 0 Å². The lowest BCUT2D eigenvalue weighted by atomic mass is 10.0. The Morgan fingerprint density at radius 3 is 2.67 bits per heavy atom. The van der Waals surface area contributed by atoms with Crippen LogP contribution in [0, 0.1) is 0 Å². The summed E-state index contributed by atoms with van der Waals surface area (Å²) in [7, 11) is 0. The number of aromatic hydroxyl groups is 1. The lowest BCUT2D eigenvalue weighted by Gasteiger charge is -2.17. The highest BCUT2D eigenvalue weighted by Crippen LogP contribution is 2.13. The number of carbonyl (C=O) groups excluding carboxylic acids is 2. The number of aryl methyl sites for hydroxylation is 1. The van der Waals surface area contributed by atoms with E-state index in [0.29, 0.717) is 19.5 Å². The first-order valence-corrected chi connectivity index (χ1v) is 8.55. The molecule has 0 aliphatic carbocycles. The molecule has 1 rings (SSSR count). The van der Waals surface area contributed by atoms with Crippen molar-refractivity contribution in [3.05, 3.63) is 29.8 Å². The number of hydrogen-bond acceptors (Lipinski definition) is 4. The normalized spacial score (nSPS) is 11.8. The van der Waals surface area contributed by atoms with Gasteiger partial charge in [-0.1, -0.05) is 18.6 Å². The minimum atomic E-state index is -0.519. The molecule has 6 nitrogen and oxygen atoms in total. The Kier molecular flexibility index (Phi) is 9.53. The first kappa shape index (κ1) is 20.0. The molecule has 0 aliphatic rings. The van der Waals surface area contributed by atoms with Gasteiger partial charge in [-0.15, -0.1) is 0 Å². The topological polar surface area (TPSA) is 104 Å². The molecule has 24 heavy (non-hydrogen) atoms. The Labute approximate surface area is 143 Å². The van der Waals surface area contributed by atoms with E-state index in [4.69, 9.17) is 5.73 Å². The summed E-state index contributed by atoms with van der Waals surface area (Å²) in [6.45, 7) is 2.68. The molecule has 0 radical (unpaired) electrons. The molecular formula is C18H29N3O3. The molecule has 0 saturated heterocycles. The molecule has 1 unspecified atom stereocenters. The van der Waals surface area contributed by atoms with Crippen molar-refractivity contribution in [3.8, 4) is 5.75 Å². The van der Waals surface area contributed by atoms with Crippen LogP contribution in [0.25, 0.3) is 0 Å². The SMILES string of the molecule is CC(=O)NC(CCCc1cccc(O)c1)C(=O)NCCCCCN. The number of phenols is 1. The Morgan fingerprint density at radius 1 is 1.21 bits per heavy atom. The molecule has 0 fully saturated rings. The van der Waals surface area contributed by atoms with Gasteiger partial charge in [0.25, 0.3) is 0 Å². The zero-order chi connectivity index (χ0) is 17.8. The second-order valence-corrected chi connectivity index (χ2v) is 5.96. The molecule has 0 aliphatic heterocycles. The third-order valence-electron chi connectivity index (χ3n) is 3.74. The molecular weight excluding hydrogens is 306 g/mol. The minimum absolute atomic E-state index is 0.145. The number of unbranched alkanes of at least 4 members (excludes halogenated alkanes) is 2. The predicted octanol–water partition coefficient (Wildman–Crippen LogP) is 1.46. The molecule has 2 amide bonds. The van der Waals surface area contributed by atoms with Crippen LogP contribution in [-0.4, -0.2) is 36.1 Å². The molecule has 0 heterocycles. The van der Waals surface area contributed by atoms with Gasteiger partial charge in [0.15, 0.2) is 0 Å². The van der Waals surface area contributed by atoms with Gasteiger partial charge in [0.2, 0.25) is 11.8 Å². The van der Waals surface area contributed by atoms with Gasteiger partial charge in [-0.3, -0.25) is 9.59 Å². The number of rotatable bonds is 11. The molecule has 0 spiro atoms. The fraction of sp³-hybridized carbons (Fsp3) is 0.556. The Hall–Kier alpha value is -2.08. The molecule has 1 aromatic carbocycles. The Balaban J connectivity index is 2.40. The van der Waals surface area contributed by atoms with Crippen molar-refractivity contribution >= 4 is 11.8 Å². The predicted molar refractivity (Wildman–Crippen MR) is 94.6 cm³/mol. The maximum absolute atomic E-state index is 12.2. The first-order valence-electron chi connectivity index (χ1n) is 8.55. The molecule has 0 saturated carbocycles. The van der Waals surface area contributed by atoms with E-state index in [9.17, 15) is 14.7 Å². The second-order valence-electron chi connectivity index (χ2n) is 5.96. The lowest BCUT2D eigenvalue weighted by molar-refractivity contribution is -0.128. The van der Waals surface area contributed by atoms with E-state index in [0.717, 1.165) is 37.7 Å². The third kappa shape index (κ3) is 8.53. The smallest absolute Gasteiger partial charge is 0.242 e. The monoisotopic (exact) mass is 335 g/mol. The zero-order valence-corrected chi connectivity index (χ0v) is 14.4. The Morgan fingerprint density at radius 2 is 2.00 bits per heavy atom. The Bertz CT molecular complexity index is 520. The van der Waals surface area contributed by atoms with Crippen molar-refractivity contribution in [3.63, 3.8) is 0 Å². The van der Waals surface area contributed by atoms with Crippen molar-refractivity contribution in [1.29, 1.82) is 0 Å². The second kappa shape index (κ2) is 11.5. The van der Waals surface area contributed by atoms with Crippen molar-refractivity contribution in [2.45, 2.75) is 51.5 Å². The molecule has 1 atom stereocenters. The van der Waals surface area contributed by atoms with Crippen LogP contribution in [0.5, 0.6) is 5.75 Å². The quantitative estimate of drug-likeness (QED) is 0.460. The van der Waals surface area contributed by atoms with Crippen LogP contribution >= 0.6 is 0 Å². The zero-order valence-electron chi connectivity index (χ0n) is 14.4. The van der Waals surface area contributed by atoms with Crippen LogP contribution < -0.4 is 16.4 Å². The third-order valence-corrected chi connectivity index (χ3v) is 3.74. The van der Waals surface area contributed by atoms with Crippen LogP contribution in [-0.2, 0) is 16.0 Å². The van der Waals surface area contributed by atoms with Gasteiger partial charge in [-0.25, -0.2) is 0 Å². The highest BCUT2D eigenvalue weighted by atomic mass is 16.3. The summed E-state index contributed by atoms with van der Waals surface area (Å²) in [6.07, 6.45) is 4.88. The lowest BCUT2D eigenvalue weighted by Crippen LogP contribution is -2.46. The highest BCUT2D eigenvalue weighted by molar-refractivity contribution is 5.86. The van der Waals surface area contributed by atoms with Gasteiger partial charge in [0, 0.05) is 13.5 Å². The van der Waals surface area contributed by atoms with E-state index in [1.54, 1.807) is 18.2 Å². The number of phenolic OH excluding ortho intramolecular Hbond substituents is 1. The van der Waals surface area contributed by atoms with E-state index in [1.165, 1.54) is 6.92 Å². The van der Waals surface area contributed by atoms with Gasteiger partial charge < -0.3 is 21.5 Å². The van der Waals surface area contributed by atoms with E-state index in [2.05, 4.69) is 10.6 Å². The largest absolute Gasteiger partial charge is 0.508 e.